The molecule has 0 aliphatic carbocycles. The second-order valence-corrected chi connectivity index (χ2v) is 10.5. The molecule has 3 heterocycles. The van der Waals surface area contributed by atoms with Crippen LogP contribution >= 0.6 is 0 Å². The van der Waals surface area contributed by atoms with Crippen LogP contribution in [-0.2, 0) is 16.6 Å². The number of nitrogens with one attached hydrogen (secondary N) is 4. The van der Waals surface area contributed by atoms with Gasteiger partial charge in [0.25, 0.3) is 0 Å². The van der Waals surface area contributed by atoms with E-state index in [0.717, 1.165) is 56.1 Å². The van der Waals surface area contributed by atoms with Crippen molar-refractivity contribution in [3.63, 3.8) is 0 Å². The average Bonchev–Trinajstić information content (AvgIpc) is 3.60. The molecular formula is C26H21FN6O2S. The van der Waals surface area contributed by atoms with Crippen molar-refractivity contribution >= 4 is 31.8 Å². The van der Waals surface area contributed by atoms with Crippen LogP contribution in [0.5, 0.6) is 0 Å². The number of benzene rings is 3. The van der Waals surface area contributed by atoms with E-state index in [1.807, 2.05) is 42.6 Å². The maximum Gasteiger partial charge on any atom is 0.209 e. The Morgan fingerprint density at radius 3 is 2.64 bits per heavy atom. The van der Waals surface area contributed by atoms with Gasteiger partial charge in [-0.05, 0) is 64.7 Å². The molecule has 0 saturated heterocycles. The molecular weight excluding hydrogens is 479 g/mol. The average molecular weight is 501 g/mol. The number of rotatable bonds is 6. The molecule has 6 rings (SSSR count). The fourth-order valence-electron chi connectivity index (χ4n) is 4.46. The summed E-state index contributed by atoms with van der Waals surface area (Å²) in [6, 6.07) is 18.4. The lowest BCUT2D eigenvalue weighted by molar-refractivity contribution is 0.586. The van der Waals surface area contributed by atoms with E-state index in [4.69, 9.17) is 0 Å². The Labute approximate surface area is 205 Å². The number of halogens is 1. The van der Waals surface area contributed by atoms with Crippen LogP contribution in [0.4, 0.5) is 4.39 Å². The van der Waals surface area contributed by atoms with Crippen LogP contribution < -0.4 is 4.72 Å². The van der Waals surface area contributed by atoms with Crippen molar-refractivity contribution in [3.8, 4) is 33.6 Å². The largest absolute Gasteiger partial charge is 0.353 e. The maximum absolute atomic E-state index is 14.5. The lowest BCUT2D eigenvalue weighted by Crippen LogP contribution is -2.21. The number of aromatic nitrogens is 5. The zero-order valence-electron chi connectivity index (χ0n) is 19.1. The molecule has 0 saturated carbocycles. The lowest BCUT2D eigenvalue weighted by Gasteiger charge is -2.08. The van der Waals surface area contributed by atoms with Gasteiger partial charge in [0.15, 0.2) is 0 Å². The zero-order valence-corrected chi connectivity index (χ0v) is 19.9. The van der Waals surface area contributed by atoms with E-state index in [1.54, 1.807) is 12.3 Å². The van der Waals surface area contributed by atoms with Crippen molar-refractivity contribution in [2.24, 2.45) is 0 Å². The summed E-state index contributed by atoms with van der Waals surface area (Å²) in [6.07, 6.45) is 4.69. The van der Waals surface area contributed by atoms with Gasteiger partial charge in [-0.3, -0.25) is 10.2 Å². The number of hydrogen-bond acceptors (Lipinski definition) is 4. The molecule has 8 nitrogen and oxygen atoms in total. The van der Waals surface area contributed by atoms with Crippen molar-refractivity contribution in [2.75, 3.05) is 6.26 Å². The van der Waals surface area contributed by atoms with Crippen LogP contribution in [0.2, 0.25) is 0 Å². The van der Waals surface area contributed by atoms with Crippen molar-refractivity contribution in [3.05, 3.63) is 84.4 Å². The molecule has 0 bridgehead atoms. The molecule has 180 valence electrons. The van der Waals surface area contributed by atoms with Crippen LogP contribution in [-0.4, -0.2) is 40.1 Å². The topological polar surface area (TPSA) is 119 Å². The van der Waals surface area contributed by atoms with Gasteiger partial charge in [0.05, 0.1) is 23.7 Å². The minimum atomic E-state index is -3.40. The fourth-order valence-corrected chi connectivity index (χ4v) is 4.89. The van der Waals surface area contributed by atoms with Gasteiger partial charge >= 0.3 is 0 Å². The van der Waals surface area contributed by atoms with Gasteiger partial charge in [0.2, 0.25) is 10.0 Å². The highest BCUT2D eigenvalue weighted by atomic mass is 32.2. The van der Waals surface area contributed by atoms with E-state index >= 15 is 0 Å². The van der Waals surface area contributed by atoms with Gasteiger partial charge in [-0.1, -0.05) is 18.2 Å². The number of fused-ring (bicyclic) bond motifs is 2. The van der Waals surface area contributed by atoms with Crippen LogP contribution in [0.3, 0.4) is 0 Å². The SMILES string of the molecule is CS(=O)(=O)NCc1cc(F)cc(-c2cccc3[nH]c(-c4n[nH]c5ccc(-c6cn[nH]c6)cc45)cc23)c1. The molecule has 0 atom stereocenters. The Bertz CT molecular complexity index is 1840. The first kappa shape index (κ1) is 22.2. The summed E-state index contributed by atoms with van der Waals surface area (Å²) in [6.45, 7) is 0.0101. The first-order valence-corrected chi connectivity index (χ1v) is 13.1. The Kier molecular flexibility index (Phi) is 5.20. The molecule has 0 aliphatic heterocycles. The molecule has 3 aromatic heterocycles. The van der Waals surface area contributed by atoms with E-state index in [1.165, 1.54) is 12.1 Å². The van der Waals surface area contributed by atoms with Gasteiger partial charge in [0.1, 0.15) is 11.5 Å². The van der Waals surface area contributed by atoms with Crippen molar-refractivity contribution in [2.45, 2.75) is 6.54 Å². The molecule has 36 heavy (non-hydrogen) atoms. The van der Waals surface area contributed by atoms with Gasteiger partial charge in [-0.2, -0.15) is 10.2 Å². The summed E-state index contributed by atoms with van der Waals surface area (Å²) in [5.74, 6) is -0.435. The number of nitrogens with zero attached hydrogens (tertiary/aromatic N) is 2. The molecule has 3 aromatic carbocycles. The predicted octanol–water partition coefficient (Wildman–Crippen LogP) is 4.96. The first-order valence-electron chi connectivity index (χ1n) is 11.2. The normalized spacial score (nSPS) is 12.1. The minimum absolute atomic E-state index is 0.0101. The highest BCUT2D eigenvalue weighted by molar-refractivity contribution is 7.88. The quantitative estimate of drug-likeness (QED) is 0.258. The van der Waals surface area contributed by atoms with Crippen LogP contribution in [0.1, 0.15) is 5.56 Å². The van der Waals surface area contributed by atoms with Gasteiger partial charge in [-0.15, -0.1) is 0 Å². The van der Waals surface area contributed by atoms with E-state index in [2.05, 4.69) is 36.2 Å². The summed E-state index contributed by atoms with van der Waals surface area (Å²) in [5.41, 5.74) is 7.40. The molecule has 0 aliphatic rings. The van der Waals surface area contributed by atoms with Crippen LogP contribution in [0.25, 0.3) is 55.4 Å². The van der Waals surface area contributed by atoms with Crippen molar-refractivity contribution < 1.29 is 12.8 Å². The maximum atomic E-state index is 14.5. The van der Waals surface area contributed by atoms with Crippen molar-refractivity contribution in [1.82, 2.24) is 30.1 Å². The summed E-state index contributed by atoms with van der Waals surface area (Å²) < 4.78 is 39.9. The monoisotopic (exact) mass is 500 g/mol. The Balaban J connectivity index is 1.44. The molecule has 0 spiro atoms. The van der Waals surface area contributed by atoms with E-state index < -0.39 is 15.8 Å². The number of sulfonamides is 1. The lowest BCUT2D eigenvalue weighted by atomic mass is 9.99. The summed E-state index contributed by atoms with van der Waals surface area (Å²) >= 11 is 0. The zero-order chi connectivity index (χ0) is 24.9. The molecule has 4 N–H and O–H groups in total. The van der Waals surface area contributed by atoms with Gasteiger partial charge in [0, 0.05) is 34.6 Å². The van der Waals surface area contributed by atoms with Gasteiger partial charge in [-0.25, -0.2) is 17.5 Å². The molecule has 6 aromatic rings. The highest BCUT2D eigenvalue weighted by Gasteiger charge is 2.15. The molecule has 0 amide bonds. The third kappa shape index (κ3) is 4.16. The number of aromatic amines is 3. The highest BCUT2D eigenvalue weighted by Crippen LogP contribution is 2.35. The molecule has 0 unspecified atom stereocenters. The third-order valence-electron chi connectivity index (χ3n) is 6.12. The fraction of sp³-hybridized carbons (Fsp3) is 0.0769. The Hall–Kier alpha value is -4.28. The second-order valence-electron chi connectivity index (χ2n) is 8.71. The van der Waals surface area contributed by atoms with Crippen molar-refractivity contribution in [1.29, 1.82) is 0 Å². The minimum Gasteiger partial charge on any atom is -0.353 e. The van der Waals surface area contributed by atoms with Crippen LogP contribution in [0.15, 0.2) is 73.1 Å². The standard InChI is InChI=1S/C26H21FN6O2S/c1-36(34,35)30-12-15-7-17(9-19(27)8-15)20-3-2-4-23-21(20)11-25(31-23)26-22-10-16(18-13-28-29-14-18)5-6-24(22)32-33-26/h2-11,13-14,30-31H,12H2,1H3,(H,28,29)(H,32,33). The summed E-state index contributed by atoms with van der Waals surface area (Å²) in [4.78, 5) is 3.44. The smallest absolute Gasteiger partial charge is 0.209 e. The van der Waals surface area contributed by atoms with E-state index in [9.17, 15) is 12.8 Å². The summed E-state index contributed by atoms with van der Waals surface area (Å²) in [5, 5.41) is 16.4. The Morgan fingerprint density at radius 1 is 0.944 bits per heavy atom. The summed E-state index contributed by atoms with van der Waals surface area (Å²) in [7, 11) is -3.40. The van der Waals surface area contributed by atoms with E-state index in [0.29, 0.717) is 11.1 Å². The molecule has 10 heteroatoms. The predicted molar refractivity (Wildman–Crippen MR) is 138 cm³/mol. The first-order chi connectivity index (χ1) is 17.3. The van der Waals surface area contributed by atoms with E-state index in [-0.39, 0.29) is 6.54 Å². The number of H-pyrrole nitrogens is 3. The molecule has 0 fully saturated rings. The van der Waals surface area contributed by atoms with Gasteiger partial charge < -0.3 is 4.98 Å². The molecule has 0 radical (unpaired) electrons. The van der Waals surface area contributed by atoms with Crippen LogP contribution in [0, 0.1) is 5.82 Å². The number of hydrogen-bond donors (Lipinski definition) is 4. The third-order valence-corrected chi connectivity index (χ3v) is 6.79. The second kappa shape index (κ2) is 8.43. The Morgan fingerprint density at radius 2 is 1.83 bits per heavy atom.